The number of amides is 1. The lowest BCUT2D eigenvalue weighted by Crippen LogP contribution is -2.33. The predicted molar refractivity (Wildman–Crippen MR) is 72.1 cm³/mol. The van der Waals surface area contributed by atoms with Crippen LogP contribution in [-0.4, -0.2) is 21.4 Å². The van der Waals surface area contributed by atoms with Gasteiger partial charge in [-0.3, -0.25) is 4.79 Å². The maximum Gasteiger partial charge on any atom is 0.254 e. The van der Waals surface area contributed by atoms with E-state index in [0.717, 1.165) is 5.69 Å². The van der Waals surface area contributed by atoms with Crippen LogP contribution in [0.15, 0.2) is 28.2 Å². The molecular weight excluding hydrogens is 264 g/mol. The van der Waals surface area contributed by atoms with Crippen molar-refractivity contribution in [2.45, 2.75) is 32.4 Å². The van der Waals surface area contributed by atoms with E-state index in [1.54, 1.807) is 24.4 Å². The normalized spacial score (nSPS) is 14.1. The first-order valence-corrected chi connectivity index (χ1v) is 6.85. The minimum Gasteiger partial charge on any atom is -0.467 e. The van der Waals surface area contributed by atoms with Crippen LogP contribution in [-0.2, 0) is 0 Å². The zero-order valence-electron chi connectivity index (χ0n) is 10.8. The first kappa shape index (κ1) is 13.8. The van der Waals surface area contributed by atoms with Crippen LogP contribution in [0.1, 0.15) is 41.3 Å². The van der Waals surface area contributed by atoms with Gasteiger partial charge in [-0.05, 0) is 37.5 Å². The molecule has 2 aromatic rings. The van der Waals surface area contributed by atoms with E-state index in [1.165, 1.54) is 17.8 Å². The Morgan fingerprint density at radius 3 is 3.00 bits per heavy atom. The summed E-state index contributed by atoms with van der Waals surface area (Å²) in [6, 6.07) is 3.28. The molecule has 0 saturated heterocycles. The molecule has 0 fully saturated rings. The van der Waals surface area contributed by atoms with Crippen molar-refractivity contribution >= 4 is 17.4 Å². The summed E-state index contributed by atoms with van der Waals surface area (Å²) in [5.41, 5.74) is 1.31. The molecule has 19 heavy (non-hydrogen) atoms. The summed E-state index contributed by atoms with van der Waals surface area (Å²) in [6.45, 7) is 3.65. The minimum absolute atomic E-state index is 0.160. The van der Waals surface area contributed by atoms with E-state index in [-0.39, 0.29) is 11.9 Å². The highest BCUT2D eigenvalue weighted by Gasteiger charge is 2.18. The van der Waals surface area contributed by atoms with Crippen LogP contribution in [0.4, 0.5) is 0 Å². The van der Waals surface area contributed by atoms with Crippen molar-refractivity contribution in [3.8, 4) is 0 Å². The molecular formula is C13H16N2O3S. The molecule has 1 amide bonds. The van der Waals surface area contributed by atoms with E-state index in [4.69, 9.17) is 4.42 Å². The van der Waals surface area contributed by atoms with Crippen molar-refractivity contribution < 1.29 is 14.3 Å². The fourth-order valence-corrected chi connectivity index (χ4v) is 2.49. The zero-order valence-corrected chi connectivity index (χ0v) is 11.6. The van der Waals surface area contributed by atoms with Crippen LogP contribution in [0.2, 0.25) is 0 Å². The molecule has 0 saturated carbocycles. The van der Waals surface area contributed by atoms with Crippen LogP contribution in [0.3, 0.4) is 0 Å². The summed E-state index contributed by atoms with van der Waals surface area (Å²) < 4.78 is 9.18. The highest BCUT2D eigenvalue weighted by molar-refractivity contribution is 7.03. The van der Waals surface area contributed by atoms with Gasteiger partial charge in [0, 0.05) is 17.8 Å². The molecule has 6 heteroatoms. The molecule has 0 bridgehead atoms. The SMILES string of the molecule is Cc1nscc1C(=O)NC(C)CC(O)c1ccco1. The van der Waals surface area contributed by atoms with Gasteiger partial charge in [0.25, 0.3) is 5.91 Å². The van der Waals surface area contributed by atoms with Crippen LogP contribution >= 0.6 is 11.5 Å². The number of nitrogens with zero attached hydrogens (tertiary/aromatic N) is 1. The number of furan rings is 1. The lowest BCUT2D eigenvalue weighted by molar-refractivity contribution is 0.0903. The van der Waals surface area contributed by atoms with Gasteiger partial charge in [0.2, 0.25) is 0 Å². The average molecular weight is 280 g/mol. The molecule has 5 nitrogen and oxygen atoms in total. The Bertz CT molecular complexity index is 536. The van der Waals surface area contributed by atoms with Gasteiger partial charge in [-0.25, -0.2) is 0 Å². The second-order valence-corrected chi connectivity index (χ2v) is 5.08. The Balaban J connectivity index is 1.89. The van der Waals surface area contributed by atoms with Crippen molar-refractivity contribution in [2.75, 3.05) is 0 Å². The van der Waals surface area contributed by atoms with Crippen LogP contribution in [0, 0.1) is 6.92 Å². The molecule has 0 aromatic carbocycles. The second kappa shape index (κ2) is 5.99. The molecule has 2 rings (SSSR count). The van der Waals surface area contributed by atoms with Gasteiger partial charge in [-0.1, -0.05) is 0 Å². The largest absolute Gasteiger partial charge is 0.467 e. The Hall–Kier alpha value is -1.66. The minimum atomic E-state index is -0.716. The summed E-state index contributed by atoms with van der Waals surface area (Å²) in [5, 5.41) is 14.5. The van der Waals surface area contributed by atoms with Crippen molar-refractivity contribution in [2.24, 2.45) is 0 Å². The number of nitrogens with one attached hydrogen (secondary N) is 1. The highest BCUT2D eigenvalue weighted by Crippen LogP contribution is 2.19. The monoisotopic (exact) mass is 280 g/mol. The number of carbonyl (C=O) groups excluding carboxylic acids is 1. The summed E-state index contributed by atoms with van der Waals surface area (Å²) in [7, 11) is 0. The molecule has 0 aliphatic rings. The molecule has 0 radical (unpaired) electrons. The van der Waals surface area contributed by atoms with E-state index < -0.39 is 6.10 Å². The number of carbonyl (C=O) groups is 1. The number of rotatable bonds is 5. The first-order valence-electron chi connectivity index (χ1n) is 6.01. The summed E-state index contributed by atoms with van der Waals surface area (Å²) >= 11 is 1.26. The molecule has 2 unspecified atom stereocenters. The number of aromatic nitrogens is 1. The zero-order chi connectivity index (χ0) is 13.8. The summed E-state index contributed by atoms with van der Waals surface area (Å²) in [4.78, 5) is 12.0. The Labute approximate surface area is 115 Å². The lowest BCUT2D eigenvalue weighted by atomic mass is 10.1. The Kier molecular flexibility index (Phi) is 4.34. The van der Waals surface area contributed by atoms with E-state index in [1.807, 2.05) is 6.92 Å². The van der Waals surface area contributed by atoms with Gasteiger partial charge in [0.1, 0.15) is 11.9 Å². The number of aryl methyl sites for hydroxylation is 1. The quantitative estimate of drug-likeness (QED) is 0.881. The third-order valence-electron chi connectivity index (χ3n) is 2.82. The number of hydrogen-bond acceptors (Lipinski definition) is 5. The Morgan fingerprint density at radius 1 is 1.63 bits per heavy atom. The fourth-order valence-electron chi connectivity index (χ4n) is 1.80. The van der Waals surface area contributed by atoms with Crippen molar-refractivity contribution in [1.82, 2.24) is 9.69 Å². The third-order valence-corrected chi connectivity index (χ3v) is 3.54. The van der Waals surface area contributed by atoms with E-state index in [2.05, 4.69) is 9.69 Å². The van der Waals surface area contributed by atoms with Gasteiger partial charge in [-0.2, -0.15) is 4.37 Å². The van der Waals surface area contributed by atoms with Crippen LogP contribution in [0.25, 0.3) is 0 Å². The van der Waals surface area contributed by atoms with E-state index in [9.17, 15) is 9.90 Å². The van der Waals surface area contributed by atoms with Gasteiger partial charge in [0.05, 0.1) is 17.5 Å². The molecule has 0 aliphatic heterocycles. The van der Waals surface area contributed by atoms with Gasteiger partial charge in [-0.15, -0.1) is 0 Å². The molecule has 0 spiro atoms. The second-order valence-electron chi connectivity index (χ2n) is 4.46. The maximum atomic E-state index is 12.0. The fraction of sp³-hybridized carbons (Fsp3) is 0.385. The number of aliphatic hydroxyl groups excluding tert-OH is 1. The average Bonchev–Trinajstić information content (AvgIpc) is 2.98. The topological polar surface area (TPSA) is 75.4 Å². The first-order chi connectivity index (χ1) is 9.08. The van der Waals surface area contributed by atoms with E-state index in [0.29, 0.717) is 17.7 Å². The number of aliphatic hydroxyl groups is 1. The molecule has 102 valence electrons. The van der Waals surface area contributed by atoms with Gasteiger partial charge < -0.3 is 14.8 Å². The number of hydrogen-bond donors (Lipinski definition) is 2. The smallest absolute Gasteiger partial charge is 0.254 e. The Morgan fingerprint density at radius 2 is 2.42 bits per heavy atom. The van der Waals surface area contributed by atoms with Crippen LogP contribution in [0.5, 0.6) is 0 Å². The highest BCUT2D eigenvalue weighted by atomic mass is 32.1. The molecule has 2 atom stereocenters. The van der Waals surface area contributed by atoms with E-state index >= 15 is 0 Å². The summed E-state index contributed by atoms with van der Waals surface area (Å²) in [5.74, 6) is 0.347. The van der Waals surface area contributed by atoms with Crippen molar-refractivity contribution in [3.05, 3.63) is 40.8 Å². The lowest BCUT2D eigenvalue weighted by Gasteiger charge is -2.16. The molecule has 0 aliphatic carbocycles. The molecule has 2 N–H and O–H groups in total. The molecule has 2 aromatic heterocycles. The predicted octanol–water partition coefficient (Wildman–Crippen LogP) is 2.29. The van der Waals surface area contributed by atoms with Crippen molar-refractivity contribution in [3.63, 3.8) is 0 Å². The standard InChI is InChI=1S/C13H16N2O3S/c1-8(6-11(16)12-4-3-5-18-12)14-13(17)10-7-19-15-9(10)2/h3-5,7-8,11,16H,6H2,1-2H3,(H,14,17). The van der Waals surface area contributed by atoms with Gasteiger partial charge >= 0.3 is 0 Å². The van der Waals surface area contributed by atoms with Gasteiger partial charge in [0.15, 0.2) is 0 Å². The molecule has 2 heterocycles. The van der Waals surface area contributed by atoms with Crippen molar-refractivity contribution in [1.29, 1.82) is 0 Å². The summed E-state index contributed by atoms with van der Waals surface area (Å²) in [6.07, 6.45) is 1.20. The third kappa shape index (κ3) is 3.42. The van der Waals surface area contributed by atoms with Crippen LogP contribution < -0.4 is 5.32 Å². The maximum absolute atomic E-state index is 12.0.